The fourth-order valence-corrected chi connectivity index (χ4v) is 2.26. The van der Waals surface area contributed by atoms with Gasteiger partial charge in [0, 0.05) is 12.2 Å². The van der Waals surface area contributed by atoms with Crippen molar-refractivity contribution in [3.8, 4) is 0 Å². The summed E-state index contributed by atoms with van der Waals surface area (Å²) in [6.45, 7) is 2.70. The molecule has 126 valence electrons. The van der Waals surface area contributed by atoms with Crippen LogP contribution in [0.1, 0.15) is 18.1 Å². The number of nitrogens with zero attached hydrogens (tertiary/aromatic N) is 1. The highest BCUT2D eigenvalue weighted by molar-refractivity contribution is 5.93. The van der Waals surface area contributed by atoms with E-state index in [1.807, 2.05) is 48.5 Å². The van der Waals surface area contributed by atoms with Crippen LogP contribution in [0.4, 0.5) is 5.69 Å². The Hall–Kier alpha value is -2.82. The predicted molar refractivity (Wildman–Crippen MR) is 99.1 cm³/mol. The van der Waals surface area contributed by atoms with E-state index in [9.17, 15) is 4.79 Å². The lowest BCUT2D eigenvalue weighted by Crippen LogP contribution is -2.30. The normalized spacial score (nSPS) is 11.1. The summed E-state index contributed by atoms with van der Waals surface area (Å²) in [5, 5.41) is 5.84. The number of rotatable bonds is 7. The number of amides is 1. The van der Waals surface area contributed by atoms with Gasteiger partial charge >= 0.3 is 0 Å². The summed E-state index contributed by atoms with van der Waals surface area (Å²) < 4.78 is 0. The van der Waals surface area contributed by atoms with Crippen LogP contribution < -0.4 is 16.4 Å². The molecule has 24 heavy (non-hydrogen) atoms. The molecule has 2 aromatic rings. The zero-order valence-corrected chi connectivity index (χ0v) is 14.0. The van der Waals surface area contributed by atoms with E-state index < -0.39 is 0 Å². The molecule has 0 heterocycles. The van der Waals surface area contributed by atoms with Gasteiger partial charge in [-0.2, -0.15) is 0 Å². The van der Waals surface area contributed by atoms with E-state index in [2.05, 4.69) is 28.6 Å². The van der Waals surface area contributed by atoms with Crippen LogP contribution in [0.15, 0.2) is 59.6 Å². The standard InChI is InChI=1S/C19H24N4O/c1-2-15-9-6-10-17(13-15)23-19(20)22-14-18(24)21-12-11-16-7-4-3-5-8-16/h3-10,13H,2,11-12,14H2,1H3,(H,21,24)(H3,20,22,23). The van der Waals surface area contributed by atoms with Gasteiger partial charge < -0.3 is 16.4 Å². The van der Waals surface area contributed by atoms with Crippen LogP contribution >= 0.6 is 0 Å². The summed E-state index contributed by atoms with van der Waals surface area (Å²) in [6.07, 6.45) is 1.75. The third-order valence-corrected chi connectivity index (χ3v) is 3.58. The van der Waals surface area contributed by atoms with Crippen molar-refractivity contribution < 1.29 is 4.79 Å². The van der Waals surface area contributed by atoms with Gasteiger partial charge in [0.25, 0.3) is 0 Å². The number of hydrogen-bond donors (Lipinski definition) is 3. The van der Waals surface area contributed by atoms with Crippen molar-refractivity contribution in [1.29, 1.82) is 0 Å². The van der Waals surface area contributed by atoms with Crippen molar-refractivity contribution in [2.45, 2.75) is 19.8 Å². The molecule has 0 aliphatic rings. The quantitative estimate of drug-likeness (QED) is 0.540. The zero-order valence-electron chi connectivity index (χ0n) is 14.0. The third kappa shape index (κ3) is 6.12. The van der Waals surface area contributed by atoms with Crippen LogP contribution in [0.3, 0.4) is 0 Å². The van der Waals surface area contributed by atoms with Crippen LogP contribution in [-0.2, 0) is 17.6 Å². The molecule has 2 rings (SSSR count). The van der Waals surface area contributed by atoms with Crippen molar-refractivity contribution in [1.82, 2.24) is 5.32 Å². The number of guanidine groups is 1. The van der Waals surface area contributed by atoms with Gasteiger partial charge in [-0.1, -0.05) is 49.4 Å². The maximum atomic E-state index is 11.8. The molecule has 5 heteroatoms. The Morgan fingerprint density at radius 3 is 2.58 bits per heavy atom. The number of carbonyl (C=O) groups excluding carboxylic acids is 1. The van der Waals surface area contributed by atoms with Gasteiger partial charge in [-0.3, -0.25) is 4.79 Å². The molecule has 0 spiro atoms. The molecular formula is C19H24N4O. The molecule has 4 N–H and O–H groups in total. The summed E-state index contributed by atoms with van der Waals surface area (Å²) in [7, 11) is 0. The fraction of sp³-hybridized carbons (Fsp3) is 0.263. The molecule has 0 saturated heterocycles. The second kappa shape index (κ2) is 9.35. The molecule has 1 amide bonds. The fourth-order valence-electron chi connectivity index (χ4n) is 2.26. The highest BCUT2D eigenvalue weighted by Crippen LogP contribution is 2.10. The van der Waals surface area contributed by atoms with Crippen molar-refractivity contribution in [3.05, 3.63) is 65.7 Å². The average molecular weight is 324 g/mol. The molecule has 0 aliphatic carbocycles. The van der Waals surface area contributed by atoms with E-state index in [1.165, 1.54) is 11.1 Å². The van der Waals surface area contributed by atoms with Crippen LogP contribution in [0, 0.1) is 0 Å². The molecular weight excluding hydrogens is 300 g/mol. The van der Waals surface area contributed by atoms with E-state index in [4.69, 9.17) is 5.73 Å². The summed E-state index contributed by atoms with van der Waals surface area (Å²) in [5.41, 5.74) is 9.11. The van der Waals surface area contributed by atoms with Gasteiger partial charge in [0.2, 0.25) is 5.91 Å². The second-order valence-electron chi connectivity index (χ2n) is 5.47. The second-order valence-corrected chi connectivity index (χ2v) is 5.47. The highest BCUT2D eigenvalue weighted by atomic mass is 16.1. The Bertz CT molecular complexity index is 683. The number of hydrogen-bond acceptors (Lipinski definition) is 2. The van der Waals surface area contributed by atoms with E-state index in [-0.39, 0.29) is 18.4 Å². The van der Waals surface area contributed by atoms with E-state index in [0.29, 0.717) is 6.54 Å². The van der Waals surface area contributed by atoms with E-state index >= 15 is 0 Å². The molecule has 0 radical (unpaired) electrons. The van der Waals surface area contributed by atoms with Gasteiger partial charge in [-0.15, -0.1) is 0 Å². The van der Waals surface area contributed by atoms with E-state index in [1.54, 1.807) is 0 Å². The van der Waals surface area contributed by atoms with Crippen molar-refractivity contribution in [2.75, 3.05) is 18.4 Å². The SMILES string of the molecule is CCc1cccc(NC(N)=NCC(=O)NCCc2ccccc2)c1. The van der Waals surface area contributed by atoms with Gasteiger partial charge in [0.15, 0.2) is 5.96 Å². The Kier molecular flexibility index (Phi) is 6.83. The summed E-state index contributed by atoms with van der Waals surface area (Å²) >= 11 is 0. The van der Waals surface area contributed by atoms with Crippen LogP contribution in [-0.4, -0.2) is 25.0 Å². The van der Waals surface area contributed by atoms with Crippen LogP contribution in [0.2, 0.25) is 0 Å². The first-order valence-corrected chi connectivity index (χ1v) is 8.14. The molecule has 0 saturated carbocycles. The maximum absolute atomic E-state index is 11.8. The number of aryl methyl sites for hydroxylation is 1. The maximum Gasteiger partial charge on any atom is 0.241 e. The average Bonchev–Trinajstić information content (AvgIpc) is 2.61. The van der Waals surface area contributed by atoms with Crippen LogP contribution in [0.25, 0.3) is 0 Å². The molecule has 0 unspecified atom stereocenters. The lowest BCUT2D eigenvalue weighted by Gasteiger charge is -2.07. The number of nitrogens with one attached hydrogen (secondary N) is 2. The summed E-state index contributed by atoms with van der Waals surface area (Å²) in [5.74, 6) is 0.0967. The topological polar surface area (TPSA) is 79.5 Å². The lowest BCUT2D eigenvalue weighted by atomic mass is 10.1. The summed E-state index contributed by atoms with van der Waals surface area (Å²) in [6, 6.07) is 18.0. The minimum atomic E-state index is -0.141. The number of nitrogens with two attached hydrogens (primary N) is 1. The molecule has 0 fully saturated rings. The first-order chi connectivity index (χ1) is 11.7. The predicted octanol–water partition coefficient (Wildman–Crippen LogP) is 2.33. The Morgan fingerprint density at radius 1 is 1.08 bits per heavy atom. The van der Waals surface area contributed by atoms with Crippen molar-refractivity contribution >= 4 is 17.6 Å². The number of carbonyl (C=O) groups is 1. The number of benzene rings is 2. The zero-order chi connectivity index (χ0) is 17.2. The third-order valence-electron chi connectivity index (χ3n) is 3.58. The monoisotopic (exact) mass is 324 g/mol. The molecule has 0 bridgehead atoms. The Morgan fingerprint density at radius 2 is 1.83 bits per heavy atom. The Labute approximate surface area is 143 Å². The first kappa shape index (κ1) is 17.5. The van der Waals surface area contributed by atoms with Crippen molar-refractivity contribution in [3.63, 3.8) is 0 Å². The van der Waals surface area contributed by atoms with Gasteiger partial charge in [-0.05, 0) is 36.1 Å². The summed E-state index contributed by atoms with van der Waals surface area (Å²) in [4.78, 5) is 15.9. The molecule has 2 aromatic carbocycles. The highest BCUT2D eigenvalue weighted by Gasteiger charge is 2.01. The van der Waals surface area contributed by atoms with Gasteiger partial charge in [-0.25, -0.2) is 4.99 Å². The van der Waals surface area contributed by atoms with Crippen LogP contribution in [0.5, 0.6) is 0 Å². The molecule has 5 nitrogen and oxygen atoms in total. The smallest absolute Gasteiger partial charge is 0.241 e. The molecule has 0 atom stereocenters. The lowest BCUT2D eigenvalue weighted by molar-refractivity contribution is -0.119. The van der Waals surface area contributed by atoms with Crippen molar-refractivity contribution in [2.24, 2.45) is 10.7 Å². The van der Waals surface area contributed by atoms with Gasteiger partial charge in [0.05, 0.1) is 0 Å². The number of anilines is 1. The number of aliphatic imine (C=N–C) groups is 1. The largest absolute Gasteiger partial charge is 0.370 e. The van der Waals surface area contributed by atoms with E-state index in [0.717, 1.165) is 18.5 Å². The molecule has 0 aliphatic heterocycles. The van der Waals surface area contributed by atoms with Gasteiger partial charge in [0.1, 0.15) is 6.54 Å². The first-order valence-electron chi connectivity index (χ1n) is 8.14. The molecule has 0 aromatic heterocycles. The minimum absolute atomic E-state index is 0.0150. The minimum Gasteiger partial charge on any atom is -0.370 e. The Balaban J connectivity index is 1.73.